The van der Waals surface area contributed by atoms with Gasteiger partial charge in [0.05, 0.1) is 22.3 Å². The Morgan fingerprint density at radius 1 is 0.618 bits per heavy atom. The zero-order valence-electron chi connectivity index (χ0n) is 17.2. The van der Waals surface area contributed by atoms with Gasteiger partial charge in [-0.15, -0.1) is 0 Å². The van der Waals surface area contributed by atoms with Crippen LogP contribution in [0.3, 0.4) is 0 Å². The first-order valence-corrected chi connectivity index (χ1v) is 10.0. The van der Waals surface area contributed by atoms with Crippen LogP contribution in [-0.2, 0) is 15.9 Å². The van der Waals surface area contributed by atoms with E-state index in [2.05, 4.69) is 14.8 Å². The van der Waals surface area contributed by atoms with Crippen LogP contribution in [0.15, 0.2) is 60.7 Å². The molecular weight excluding hydrogens is 442 g/mol. The molecule has 34 heavy (non-hydrogen) atoms. The average molecular weight is 455 g/mol. The van der Waals surface area contributed by atoms with Crippen LogP contribution in [0.2, 0.25) is 0 Å². The molecule has 0 radical (unpaired) electrons. The molecule has 166 valence electrons. The molecule has 9 nitrogen and oxygen atoms in total. The van der Waals surface area contributed by atoms with E-state index in [9.17, 15) is 28.8 Å². The molecule has 0 unspecified atom stereocenters. The smallest absolute Gasteiger partial charge is 0.346 e. The molecule has 0 atom stereocenters. The van der Waals surface area contributed by atoms with Crippen molar-refractivity contribution in [2.45, 2.75) is 6.42 Å². The molecule has 0 aliphatic carbocycles. The van der Waals surface area contributed by atoms with Crippen LogP contribution in [0.5, 0.6) is 0 Å². The Morgan fingerprint density at radius 3 is 1.71 bits per heavy atom. The Morgan fingerprint density at radius 2 is 1.12 bits per heavy atom. The van der Waals surface area contributed by atoms with Crippen LogP contribution >= 0.6 is 0 Å². The van der Waals surface area contributed by atoms with E-state index in [-0.39, 0.29) is 45.6 Å². The zero-order valence-corrected chi connectivity index (χ0v) is 17.2. The summed E-state index contributed by atoms with van der Waals surface area (Å²) < 4.78 is 9.05. The summed E-state index contributed by atoms with van der Waals surface area (Å²) in [6.07, 6.45) is 0.0387. The van der Waals surface area contributed by atoms with Gasteiger partial charge in [-0.2, -0.15) is 0 Å². The Bertz CT molecular complexity index is 1340. The fourth-order valence-corrected chi connectivity index (χ4v) is 3.68. The maximum Gasteiger partial charge on any atom is 0.346 e. The number of ether oxygens (including phenoxy) is 2. The first-order chi connectivity index (χ1) is 16.3. The molecule has 2 heterocycles. The molecule has 0 saturated carbocycles. The monoisotopic (exact) mass is 455 g/mol. The number of benzene rings is 3. The van der Waals surface area contributed by atoms with Crippen LogP contribution < -0.4 is 5.32 Å². The summed E-state index contributed by atoms with van der Waals surface area (Å²) in [5.74, 6) is -3.79. The molecule has 0 bridgehead atoms. The molecule has 0 saturated heterocycles. The van der Waals surface area contributed by atoms with Crippen LogP contribution in [0.1, 0.15) is 67.7 Å². The van der Waals surface area contributed by atoms with Gasteiger partial charge in [-0.05, 0) is 48.0 Å². The third kappa shape index (κ3) is 3.65. The first-order valence-electron chi connectivity index (χ1n) is 10.0. The number of rotatable bonds is 5. The Balaban J connectivity index is 1.26. The van der Waals surface area contributed by atoms with Gasteiger partial charge >= 0.3 is 23.9 Å². The second kappa shape index (κ2) is 7.89. The van der Waals surface area contributed by atoms with E-state index in [0.717, 1.165) is 0 Å². The molecule has 2 aliphatic heterocycles. The van der Waals surface area contributed by atoms with Crippen molar-refractivity contribution in [3.8, 4) is 0 Å². The number of nitrogens with one attached hydrogen (secondary N) is 1. The van der Waals surface area contributed by atoms with Gasteiger partial charge < -0.3 is 14.8 Å². The Hall–Kier alpha value is -4.92. The standard InChI is InChI=1S/C25H13NO8/c27-20(13-3-7-16-18(10-13)24(31)33-22(16)29)9-12-1-5-15(6-2-12)26-21(28)14-4-8-17-19(11-14)25(32)34-23(17)30/h1-8,10-11H,9H2,(H,26,28). The summed E-state index contributed by atoms with van der Waals surface area (Å²) >= 11 is 0. The van der Waals surface area contributed by atoms with Crippen molar-refractivity contribution >= 4 is 41.3 Å². The molecule has 0 aromatic heterocycles. The van der Waals surface area contributed by atoms with Gasteiger partial charge in [-0.1, -0.05) is 18.2 Å². The normalized spacial score (nSPS) is 13.8. The van der Waals surface area contributed by atoms with Gasteiger partial charge in [0.2, 0.25) is 0 Å². The van der Waals surface area contributed by atoms with E-state index in [1.165, 1.54) is 36.4 Å². The number of carbonyl (C=O) groups is 6. The van der Waals surface area contributed by atoms with E-state index in [1.807, 2.05) is 0 Å². The maximum atomic E-state index is 12.6. The number of anilines is 1. The lowest BCUT2D eigenvalue weighted by Gasteiger charge is -2.07. The second-order valence-electron chi connectivity index (χ2n) is 7.63. The van der Waals surface area contributed by atoms with Crippen LogP contribution in [0.25, 0.3) is 0 Å². The molecule has 2 aliphatic rings. The average Bonchev–Trinajstić information content (AvgIpc) is 3.28. The van der Waals surface area contributed by atoms with Crippen molar-refractivity contribution in [2.24, 2.45) is 0 Å². The van der Waals surface area contributed by atoms with Gasteiger partial charge in [-0.3, -0.25) is 9.59 Å². The number of hydrogen-bond donors (Lipinski definition) is 1. The third-order valence-electron chi connectivity index (χ3n) is 5.45. The number of cyclic esters (lactones) is 4. The number of fused-ring (bicyclic) bond motifs is 2. The van der Waals surface area contributed by atoms with Crippen molar-refractivity contribution in [3.05, 3.63) is 99.6 Å². The predicted octanol–water partition coefficient (Wildman–Crippen LogP) is 2.99. The molecule has 0 spiro atoms. The highest BCUT2D eigenvalue weighted by Crippen LogP contribution is 2.23. The molecular formula is C25H13NO8. The quantitative estimate of drug-likeness (QED) is 0.353. The topological polar surface area (TPSA) is 133 Å². The summed E-state index contributed by atoms with van der Waals surface area (Å²) in [7, 11) is 0. The van der Waals surface area contributed by atoms with E-state index in [1.54, 1.807) is 24.3 Å². The minimum atomic E-state index is -0.796. The minimum absolute atomic E-state index is 0.0377. The van der Waals surface area contributed by atoms with Crippen molar-refractivity contribution < 1.29 is 38.2 Å². The van der Waals surface area contributed by atoms with E-state index < -0.39 is 29.8 Å². The Labute approximate surface area is 191 Å². The molecule has 5 rings (SSSR count). The number of Topliss-reactive ketones (excluding diaryl/α,β-unsaturated/α-hetero) is 1. The fourth-order valence-electron chi connectivity index (χ4n) is 3.68. The van der Waals surface area contributed by atoms with Crippen LogP contribution in [-0.4, -0.2) is 35.6 Å². The number of esters is 4. The van der Waals surface area contributed by atoms with Crippen LogP contribution in [0.4, 0.5) is 5.69 Å². The fraction of sp³-hybridized carbons (Fsp3) is 0.0400. The lowest BCUT2D eigenvalue weighted by atomic mass is 9.99. The lowest BCUT2D eigenvalue weighted by molar-refractivity contribution is 0.0425. The van der Waals surface area contributed by atoms with E-state index in [0.29, 0.717) is 11.3 Å². The van der Waals surface area contributed by atoms with Gasteiger partial charge in [-0.25, -0.2) is 19.2 Å². The van der Waals surface area contributed by atoms with Gasteiger partial charge in [0, 0.05) is 23.2 Å². The highest BCUT2D eigenvalue weighted by Gasteiger charge is 2.31. The van der Waals surface area contributed by atoms with Crippen molar-refractivity contribution in [1.82, 2.24) is 0 Å². The summed E-state index contributed by atoms with van der Waals surface area (Å²) in [5, 5.41) is 2.68. The van der Waals surface area contributed by atoms with E-state index >= 15 is 0 Å². The maximum absolute atomic E-state index is 12.6. The summed E-state index contributed by atoms with van der Waals surface area (Å²) in [6.45, 7) is 0. The van der Waals surface area contributed by atoms with Gasteiger partial charge in [0.25, 0.3) is 5.91 Å². The first kappa shape index (κ1) is 21.0. The molecule has 9 heteroatoms. The third-order valence-corrected chi connectivity index (χ3v) is 5.45. The highest BCUT2D eigenvalue weighted by atomic mass is 16.6. The summed E-state index contributed by atoms with van der Waals surface area (Å²) in [4.78, 5) is 71.6. The second-order valence-corrected chi connectivity index (χ2v) is 7.63. The molecule has 3 aromatic carbocycles. The number of amides is 1. The predicted molar refractivity (Wildman–Crippen MR) is 115 cm³/mol. The minimum Gasteiger partial charge on any atom is -0.386 e. The Kier molecular flexibility index (Phi) is 4.86. The lowest BCUT2D eigenvalue weighted by Crippen LogP contribution is -2.13. The molecule has 3 aromatic rings. The largest absolute Gasteiger partial charge is 0.386 e. The van der Waals surface area contributed by atoms with Crippen molar-refractivity contribution in [2.75, 3.05) is 5.32 Å². The number of ketones is 1. The summed E-state index contributed by atoms with van der Waals surface area (Å²) in [5.41, 5.74) is 1.93. The van der Waals surface area contributed by atoms with Gasteiger partial charge in [0.15, 0.2) is 5.78 Å². The number of hydrogen-bond acceptors (Lipinski definition) is 8. The highest BCUT2D eigenvalue weighted by molar-refractivity contribution is 6.17. The van der Waals surface area contributed by atoms with Crippen molar-refractivity contribution in [3.63, 3.8) is 0 Å². The SMILES string of the molecule is O=C(Cc1ccc(NC(=O)c2ccc3c(c2)C(=O)OC3=O)cc1)c1ccc2c(c1)C(=O)OC2=O. The summed E-state index contributed by atoms with van der Waals surface area (Å²) in [6, 6.07) is 14.8. The number of carbonyl (C=O) groups excluding carboxylic acids is 6. The van der Waals surface area contributed by atoms with E-state index in [4.69, 9.17) is 0 Å². The molecule has 0 fully saturated rings. The van der Waals surface area contributed by atoms with Crippen LogP contribution in [0, 0.1) is 0 Å². The molecule has 1 N–H and O–H groups in total. The van der Waals surface area contributed by atoms with Gasteiger partial charge in [0.1, 0.15) is 0 Å². The zero-order chi connectivity index (χ0) is 24.0. The molecule has 1 amide bonds. The van der Waals surface area contributed by atoms with Crippen molar-refractivity contribution in [1.29, 1.82) is 0 Å².